The predicted molar refractivity (Wildman–Crippen MR) is 243 cm³/mol. The van der Waals surface area contributed by atoms with Crippen molar-refractivity contribution >= 4 is 63.7 Å². The summed E-state index contributed by atoms with van der Waals surface area (Å²) in [6.07, 6.45) is 4.13. The summed E-state index contributed by atoms with van der Waals surface area (Å²) < 4.78 is 75.7. The maximum absolute atomic E-state index is 12.6. The van der Waals surface area contributed by atoms with Gasteiger partial charge in [-0.05, 0) is 131 Å². The maximum Gasteiger partial charge on any atom is 1.00 e. The van der Waals surface area contributed by atoms with Crippen molar-refractivity contribution in [3.8, 4) is 39.9 Å². The Kier molecular flexibility index (Phi) is 17.5. The molecule has 4 aromatic heterocycles. The molecule has 0 saturated heterocycles. The van der Waals surface area contributed by atoms with Crippen LogP contribution in [-0.2, 0) is 57.7 Å². The van der Waals surface area contributed by atoms with Crippen LogP contribution in [0.25, 0.3) is 34.2 Å². The van der Waals surface area contributed by atoms with Crippen molar-refractivity contribution in [3.05, 3.63) is 109 Å². The number of carbonyl (C=O) groups is 3. The van der Waals surface area contributed by atoms with Crippen molar-refractivity contribution in [3.63, 3.8) is 0 Å². The van der Waals surface area contributed by atoms with E-state index in [1.165, 1.54) is 50.6 Å². The molecule has 0 fully saturated rings. The van der Waals surface area contributed by atoms with Crippen molar-refractivity contribution in [2.45, 2.75) is 73.1 Å². The van der Waals surface area contributed by atoms with Crippen LogP contribution in [0.15, 0.2) is 57.9 Å². The first kappa shape index (κ1) is 41.8. The van der Waals surface area contributed by atoms with E-state index in [2.05, 4.69) is 66.3 Å². The van der Waals surface area contributed by atoms with Gasteiger partial charge in [0.05, 0.1) is 45.1 Å². The number of esters is 2. The molecule has 17 heteroatoms. The van der Waals surface area contributed by atoms with Crippen molar-refractivity contribution in [2.75, 3.05) is 18.9 Å². The van der Waals surface area contributed by atoms with Gasteiger partial charge >= 0.3 is 115 Å². The number of aryl methyl sites for hydroxylation is 3. The third-order valence-electron chi connectivity index (χ3n) is 9.93. The Hall–Kier alpha value is -1.57. The Bertz CT molecular complexity index is 2580. The van der Waals surface area contributed by atoms with E-state index in [0.717, 1.165) is 46.5 Å². The number of rotatable bonds is 9. The molecule has 0 amide bonds. The van der Waals surface area contributed by atoms with E-state index >= 15 is 0 Å². The molecule has 0 unspecified atom stereocenters. The predicted octanol–water partition coefficient (Wildman–Crippen LogP) is 2.99. The van der Waals surface area contributed by atoms with Gasteiger partial charge in [-0.2, -0.15) is 22.7 Å². The minimum atomic E-state index is -2.83. The van der Waals surface area contributed by atoms with Crippen molar-refractivity contribution in [1.82, 2.24) is 19.1 Å². The average molecular weight is 1050 g/mol. The summed E-state index contributed by atoms with van der Waals surface area (Å²) in [7, 11) is -5.64. The largest absolute Gasteiger partial charge is 1.00 e. The summed E-state index contributed by atoms with van der Waals surface area (Å²) >= 11 is 4.43. The molecule has 0 bridgehead atoms. The van der Waals surface area contributed by atoms with Gasteiger partial charge in [0.25, 0.3) is 6.47 Å². The van der Waals surface area contributed by atoms with Crippen LogP contribution in [0, 0.1) is 18.8 Å². The molecule has 62 heavy (non-hydrogen) atoms. The second kappa shape index (κ2) is 25.9. The number of alkyl halides is 1. The Morgan fingerprint density at radius 3 is 1.68 bits per heavy atom. The van der Waals surface area contributed by atoms with E-state index in [-0.39, 0.29) is 128 Å². The summed E-state index contributed by atoms with van der Waals surface area (Å²) in [6.45, 7) is 10.5. The molecule has 2 aliphatic heterocycles. The van der Waals surface area contributed by atoms with E-state index in [4.69, 9.17) is 27.1 Å². The van der Waals surface area contributed by atoms with Gasteiger partial charge in [0.15, 0.2) is 11.4 Å². The maximum atomic E-state index is 12.6. The van der Waals surface area contributed by atoms with Gasteiger partial charge in [0.1, 0.15) is 17.4 Å². The first-order valence-electron chi connectivity index (χ1n) is 23.3. The van der Waals surface area contributed by atoms with Gasteiger partial charge in [-0.15, -0.1) is 0 Å². The number of nitrogens with zero attached hydrogens (tertiary/aromatic N) is 4. The van der Waals surface area contributed by atoms with Crippen molar-refractivity contribution in [2.24, 2.45) is 11.8 Å². The number of fused-ring (bicyclic) bond motifs is 6. The van der Waals surface area contributed by atoms with Crippen LogP contribution in [0.5, 0.6) is 5.75 Å². The number of methoxy groups -OCH3 is 2. The van der Waals surface area contributed by atoms with Gasteiger partial charge in [-0.1, -0.05) is 56.4 Å². The van der Waals surface area contributed by atoms with Crippen LogP contribution in [0.1, 0.15) is 102 Å². The van der Waals surface area contributed by atoms with Crippen LogP contribution in [-0.4, -0.2) is 61.6 Å². The zero-order chi connectivity index (χ0) is 51.2. The average Bonchev–Trinajstić information content (AvgIpc) is 4.06. The van der Waals surface area contributed by atoms with E-state index < -0.39 is 30.9 Å². The molecule has 6 heterocycles. The summed E-state index contributed by atoms with van der Waals surface area (Å²) in [5.41, 5.74) is 10.6. The van der Waals surface area contributed by atoms with Gasteiger partial charge in [-0.25, -0.2) is 19.6 Å². The standard InChI is InChI=1S/C22H24N2O2S.C21H22N2O3S.CH3I.CH2O3.2K.H/c1-13(2)9-17-11-19-15(10-14(17)3)5-6-18-20(22(25)26-4)23-21(24(18)19)16-7-8-27-12-16;1-12(2)8-15-9-17-13(10-18(15)24)4-5-16-19(21(25)26-3)22-20(23(16)17)14-6-7-27-11-14;1-2;2-1-4-3;;;/h7-8,10-13H,5-6,9H2,1-4H3;6-7,9-12,24H,4-5,8H2,1-3H3;1H3;1,3H;;;/q;;;;2*+1;-1/p-1/i4D3;3D3;1D3;;;;. The third-order valence-corrected chi connectivity index (χ3v) is 11.3. The summed E-state index contributed by atoms with van der Waals surface area (Å²) in [5.74, 6) is 0.498. The van der Waals surface area contributed by atoms with Crippen LogP contribution in [0.2, 0.25) is 0 Å². The number of halogens is 1. The zero-order valence-corrected chi connectivity index (χ0v) is 45.6. The SMILES string of the molecule is O=CO[O-].[2H]C([2H])([2H])I.[2H]C([2H])([2H])OC(=O)c1nc(-c2ccsc2)n2c1CCc1cc(C)c(CC(C)C)cc1-2.[2H]C([2H])([2H])OC(=O)c1nc(-c2ccsc2)n2c1CCc1cc(O)c(CC(C)C)cc1-2.[H-].[K+].[K+]. The molecule has 0 saturated carbocycles. The number of aromatic nitrogens is 4. The van der Waals surface area contributed by atoms with Crippen LogP contribution < -0.4 is 108 Å². The quantitative estimate of drug-likeness (QED) is 0.0435. The van der Waals surface area contributed by atoms with E-state index in [1.807, 2.05) is 48.9 Å². The first-order valence-corrected chi connectivity index (χ1v) is 21.8. The van der Waals surface area contributed by atoms with Crippen molar-refractivity contribution in [1.29, 1.82) is 0 Å². The first-order chi connectivity index (χ1) is 32.2. The molecule has 320 valence electrons. The number of phenolic OH excluding ortho intramolecular Hbond substituents is 1. The number of imidazole rings is 2. The molecule has 1 N–H and O–H groups in total. The Morgan fingerprint density at radius 2 is 1.27 bits per heavy atom. The molecule has 12 nitrogen and oxygen atoms in total. The second-order valence-electron chi connectivity index (χ2n) is 14.8. The Morgan fingerprint density at radius 1 is 0.839 bits per heavy atom. The smallest absolute Gasteiger partial charge is 1.00 e. The number of carbonyl (C=O) groups excluding carboxylic acids is 3. The van der Waals surface area contributed by atoms with Gasteiger partial charge in [-0.3, -0.25) is 13.9 Å². The molecule has 0 aliphatic carbocycles. The number of hydrogen-bond donors (Lipinski definition) is 1. The molecule has 8 rings (SSSR count). The number of phenols is 1. The number of aromatic hydroxyl groups is 1. The van der Waals surface area contributed by atoms with Gasteiger partial charge < -0.3 is 26.2 Å². The third kappa shape index (κ3) is 12.7. The van der Waals surface area contributed by atoms with E-state index in [1.54, 1.807) is 17.4 Å². The molecular weight excluding hydrogens is 994 g/mol. The number of hydrogen-bond acceptors (Lipinski definition) is 12. The molecule has 0 spiro atoms. The second-order valence-corrected chi connectivity index (χ2v) is 16.4. The van der Waals surface area contributed by atoms with Crippen molar-refractivity contribution < 1.29 is 156 Å². The minimum Gasteiger partial charge on any atom is -1.00 e. The van der Waals surface area contributed by atoms with Crippen LogP contribution >= 0.6 is 45.3 Å². The fourth-order valence-electron chi connectivity index (χ4n) is 7.53. The number of ether oxygens (including phenoxy) is 2. The normalized spacial score (nSPS) is 14.3. The Balaban J connectivity index is 0.000000408. The van der Waals surface area contributed by atoms with E-state index in [9.17, 15) is 14.7 Å². The molecule has 2 aromatic carbocycles. The fraction of sp³-hybridized carbons (Fsp3) is 0.356. The van der Waals surface area contributed by atoms with Gasteiger partial charge in [0.2, 0.25) is 0 Å². The molecule has 0 atom stereocenters. The van der Waals surface area contributed by atoms with E-state index in [0.29, 0.717) is 60.6 Å². The summed E-state index contributed by atoms with van der Waals surface area (Å²) in [4.78, 5) is 43.8. The topological polar surface area (TPSA) is 158 Å². The summed E-state index contributed by atoms with van der Waals surface area (Å²) in [6, 6.07) is 12.0. The molecule has 0 radical (unpaired) electrons. The fourth-order valence-corrected chi connectivity index (χ4v) is 8.80. The number of thiophene rings is 2. The zero-order valence-electron chi connectivity index (χ0n) is 45.5. The monoisotopic (exact) mass is 1050 g/mol. The number of benzene rings is 2. The van der Waals surface area contributed by atoms with Crippen LogP contribution in [0.4, 0.5) is 0 Å². The summed E-state index contributed by atoms with van der Waals surface area (Å²) in [5, 5.41) is 26.7. The molecule has 6 aromatic rings. The van der Waals surface area contributed by atoms with Crippen LogP contribution in [0.3, 0.4) is 0 Å². The Labute approximate surface area is 484 Å². The minimum absolute atomic E-state index is 0. The molecular formula is C45H51IK2N4O8S2. The molecule has 2 aliphatic rings. The van der Waals surface area contributed by atoms with Gasteiger partial charge in [0, 0.05) is 26.0 Å².